The summed E-state index contributed by atoms with van der Waals surface area (Å²) in [4.78, 5) is 7.48. The Morgan fingerprint density at radius 1 is 1.08 bits per heavy atom. The van der Waals surface area contributed by atoms with E-state index in [0.717, 1.165) is 30.0 Å². The standard InChI is InChI=1S/C21H33N3O/c1-14(19-23-8-9-24-19)12-22-13-15-10-16(20(2,3)4)18(25)17(11-15)21(5,6)7/h8-11,14,22,25H,12-13H2,1-7H3,(H,23,24). The molecule has 0 spiro atoms. The zero-order valence-corrected chi connectivity index (χ0v) is 16.7. The number of H-pyrrole nitrogens is 1. The fourth-order valence-corrected chi connectivity index (χ4v) is 3.02. The highest BCUT2D eigenvalue weighted by Crippen LogP contribution is 2.39. The normalized spacial score (nSPS) is 13.9. The minimum atomic E-state index is -0.0957. The average molecular weight is 344 g/mol. The van der Waals surface area contributed by atoms with Crippen molar-refractivity contribution in [1.82, 2.24) is 15.3 Å². The van der Waals surface area contributed by atoms with Crippen LogP contribution in [0, 0.1) is 0 Å². The summed E-state index contributed by atoms with van der Waals surface area (Å²) >= 11 is 0. The Kier molecular flexibility index (Phi) is 5.62. The number of rotatable bonds is 5. The van der Waals surface area contributed by atoms with Gasteiger partial charge >= 0.3 is 0 Å². The number of hydrogen-bond acceptors (Lipinski definition) is 3. The molecule has 3 N–H and O–H groups in total. The van der Waals surface area contributed by atoms with Gasteiger partial charge in [-0.15, -0.1) is 0 Å². The number of imidazole rings is 1. The van der Waals surface area contributed by atoms with Gasteiger partial charge in [-0.05, 0) is 27.5 Å². The predicted octanol–water partition coefficient (Wildman–Crippen LogP) is 4.60. The van der Waals surface area contributed by atoms with Crippen molar-refractivity contribution >= 4 is 0 Å². The molecular weight excluding hydrogens is 310 g/mol. The summed E-state index contributed by atoms with van der Waals surface area (Å²) in [6.45, 7) is 16.6. The number of hydrogen-bond donors (Lipinski definition) is 3. The molecule has 0 saturated heterocycles. The zero-order chi connectivity index (χ0) is 18.8. The number of phenols is 1. The fraction of sp³-hybridized carbons (Fsp3) is 0.571. The van der Waals surface area contributed by atoms with Crippen LogP contribution in [0.2, 0.25) is 0 Å². The van der Waals surface area contributed by atoms with Crippen LogP contribution in [0.4, 0.5) is 0 Å². The van der Waals surface area contributed by atoms with Crippen molar-refractivity contribution in [3.05, 3.63) is 47.0 Å². The number of nitrogens with zero attached hydrogens (tertiary/aromatic N) is 1. The molecule has 2 aromatic rings. The van der Waals surface area contributed by atoms with Crippen molar-refractivity contribution in [3.8, 4) is 5.75 Å². The number of phenolic OH excluding ortho intramolecular Hbond substituents is 1. The third-order valence-electron chi connectivity index (χ3n) is 4.55. The average Bonchev–Trinajstić information content (AvgIpc) is 3.00. The van der Waals surface area contributed by atoms with Gasteiger partial charge in [0.05, 0.1) is 0 Å². The molecule has 1 atom stereocenters. The molecule has 0 saturated carbocycles. The Morgan fingerprint density at radius 3 is 2.08 bits per heavy atom. The van der Waals surface area contributed by atoms with Crippen LogP contribution in [0.5, 0.6) is 5.75 Å². The van der Waals surface area contributed by atoms with Gasteiger partial charge in [-0.2, -0.15) is 0 Å². The highest BCUT2D eigenvalue weighted by atomic mass is 16.3. The van der Waals surface area contributed by atoms with Crippen LogP contribution in [0.25, 0.3) is 0 Å². The second-order valence-electron chi connectivity index (χ2n) is 9.05. The zero-order valence-electron chi connectivity index (χ0n) is 16.7. The Bertz CT molecular complexity index is 656. The van der Waals surface area contributed by atoms with E-state index in [-0.39, 0.29) is 10.8 Å². The maximum Gasteiger partial charge on any atom is 0.123 e. The van der Waals surface area contributed by atoms with E-state index in [1.54, 1.807) is 6.20 Å². The largest absolute Gasteiger partial charge is 0.507 e. The number of aromatic nitrogens is 2. The maximum atomic E-state index is 10.8. The van der Waals surface area contributed by atoms with Crippen LogP contribution < -0.4 is 5.32 Å². The number of aromatic amines is 1. The Labute approximate surface area is 152 Å². The van der Waals surface area contributed by atoms with Crippen molar-refractivity contribution in [2.24, 2.45) is 0 Å². The van der Waals surface area contributed by atoms with Crippen LogP contribution in [-0.2, 0) is 17.4 Å². The first kappa shape index (κ1) is 19.5. The van der Waals surface area contributed by atoms with Crippen LogP contribution >= 0.6 is 0 Å². The molecule has 1 unspecified atom stereocenters. The van der Waals surface area contributed by atoms with E-state index in [1.807, 2.05) is 6.20 Å². The predicted molar refractivity (Wildman–Crippen MR) is 104 cm³/mol. The van der Waals surface area contributed by atoms with Gasteiger partial charge in [-0.1, -0.05) is 60.6 Å². The van der Waals surface area contributed by atoms with Gasteiger partial charge in [0.15, 0.2) is 0 Å². The molecular formula is C21H33N3O. The molecule has 0 radical (unpaired) electrons. The van der Waals surface area contributed by atoms with Crippen LogP contribution in [0.15, 0.2) is 24.5 Å². The number of nitrogens with one attached hydrogen (secondary N) is 2. The first-order valence-electron chi connectivity index (χ1n) is 9.07. The molecule has 4 heteroatoms. The minimum Gasteiger partial charge on any atom is -0.507 e. The van der Waals surface area contributed by atoms with Crippen molar-refractivity contribution in [2.75, 3.05) is 6.54 Å². The number of aromatic hydroxyl groups is 1. The van der Waals surface area contributed by atoms with E-state index in [1.165, 1.54) is 5.56 Å². The van der Waals surface area contributed by atoms with Crippen LogP contribution in [0.1, 0.15) is 76.9 Å². The summed E-state index contributed by atoms with van der Waals surface area (Å²) < 4.78 is 0. The lowest BCUT2D eigenvalue weighted by Gasteiger charge is -2.28. The van der Waals surface area contributed by atoms with Crippen LogP contribution in [-0.4, -0.2) is 21.6 Å². The van der Waals surface area contributed by atoms with Gasteiger partial charge in [-0.3, -0.25) is 0 Å². The van der Waals surface area contributed by atoms with E-state index < -0.39 is 0 Å². The maximum absolute atomic E-state index is 10.8. The van der Waals surface area contributed by atoms with Gasteiger partial charge in [0.25, 0.3) is 0 Å². The Morgan fingerprint density at radius 2 is 1.64 bits per heavy atom. The first-order valence-corrected chi connectivity index (χ1v) is 9.07. The Balaban J connectivity index is 2.20. The van der Waals surface area contributed by atoms with E-state index >= 15 is 0 Å². The van der Waals surface area contributed by atoms with Gasteiger partial charge in [0, 0.05) is 31.4 Å². The second kappa shape index (κ2) is 7.20. The molecule has 4 nitrogen and oxygen atoms in total. The summed E-state index contributed by atoms with van der Waals surface area (Å²) in [5, 5.41) is 14.3. The Hall–Kier alpha value is -1.81. The fourth-order valence-electron chi connectivity index (χ4n) is 3.02. The SMILES string of the molecule is CC(CNCc1cc(C(C)(C)C)c(O)c(C(C)(C)C)c1)c1ncc[nH]1. The molecule has 0 aliphatic carbocycles. The van der Waals surface area contributed by atoms with Gasteiger partial charge < -0.3 is 15.4 Å². The highest BCUT2D eigenvalue weighted by Gasteiger charge is 2.26. The van der Waals surface area contributed by atoms with Crippen LogP contribution in [0.3, 0.4) is 0 Å². The second-order valence-corrected chi connectivity index (χ2v) is 9.05. The minimum absolute atomic E-state index is 0.0957. The van der Waals surface area contributed by atoms with E-state index in [0.29, 0.717) is 11.7 Å². The van der Waals surface area contributed by atoms with E-state index in [4.69, 9.17) is 0 Å². The summed E-state index contributed by atoms with van der Waals surface area (Å²) in [5.74, 6) is 1.77. The van der Waals surface area contributed by atoms with Gasteiger partial charge in [0.2, 0.25) is 0 Å². The monoisotopic (exact) mass is 343 g/mol. The molecule has 1 heterocycles. The van der Waals surface area contributed by atoms with E-state index in [9.17, 15) is 5.11 Å². The van der Waals surface area contributed by atoms with Crippen molar-refractivity contribution in [2.45, 2.75) is 71.8 Å². The third kappa shape index (κ3) is 4.85. The lowest BCUT2D eigenvalue weighted by molar-refractivity contribution is 0.422. The molecule has 25 heavy (non-hydrogen) atoms. The quantitative estimate of drug-likeness (QED) is 0.743. The summed E-state index contributed by atoms with van der Waals surface area (Å²) in [7, 11) is 0. The highest BCUT2D eigenvalue weighted by molar-refractivity contribution is 5.49. The molecule has 0 bridgehead atoms. The number of benzene rings is 1. The van der Waals surface area contributed by atoms with Gasteiger partial charge in [0.1, 0.15) is 11.6 Å². The van der Waals surface area contributed by atoms with Crippen molar-refractivity contribution < 1.29 is 5.11 Å². The van der Waals surface area contributed by atoms with E-state index in [2.05, 4.69) is 75.9 Å². The first-order chi connectivity index (χ1) is 11.5. The van der Waals surface area contributed by atoms with Crippen molar-refractivity contribution in [1.29, 1.82) is 0 Å². The molecule has 0 aliphatic heterocycles. The smallest absolute Gasteiger partial charge is 0.123 e. The van der Waals surface area contributed by atoms with Gasteiger partial charge in [-0.25, -0.2) is 4.98 Å². The lowest BCUT2D eigenvalue weighted by atomic mass is 9.78. The summed E-state index contributed by atoms with van der Waals surface area (Å²) in [6.07, 6.45) is 3.65. The lowest BCUT2D eigenvalue weighted by Crippen LogP contribution is -2.22. The molecule has 1 aromatic heterocycles. The van der Waals surface area contributed by atoms with Crippen molar-refractivity contribution in [3.63, 3.8) is 0 Å². The topological polar surface area (TPSA) is 60.9 Å². The summed E-state index contributed by atoms with van der Waals surface area (Å²) in [6, 6.07) is 4.27. The third-order valence-corrected chi connectivity index (χ3v) is 4.55. The molecule has 0 aliphatic rings. The molecule has 0 fully saturated rings. The molecule has 2 rings (SSSR count). The molecule has 1 aromatic carbocycles. The summed E-state index contributed by atoms with van der Waals surface area (Å²) in [5.41, 5.74) is 3.04. The molecule has 138 valence electrons. The molecule has 0 amide bonds.